The van der Waals surface area contributed by atoms with Gasteiger partial charge in [0, 0.05) is 6.42 Å². The van der Waals surface area contributed by atoms with Crippen LogP contribution in [0.3, 0.4) is 0 Å². The second kappa shape index (κ2) is 7.47. The minimum absolute atomic E-state index is 0.491. The Bertz CT molecular complexity index is 815. The first-order valence-corrected chi connectivity index (χ1v) is 8.46. The van der Waals surface area contributed by atoms with Crippen LogP contribution < -0.4 is 14.8 Å². The standard InChI is InChI=1S/C20H21NO5/c1-12-3-6-16(7-4-12)26-13(2)19(22)21-18(20(23)24)15-5-8-17-14(11-15)9-10-25-17/h3-8,11,13,18H,9-10H2,1-2H3,(H,21,22)(H,23,24). The Kier molecular flexibility index (Phi) is 5.11. The normalized spacial score (nSPS) is 14.7. The van der Waals surface area contributed by atoms with Crippen molar-refractivity contribution < 1.29 is 24.2 Å². The highest BCUT2D eigenvalue weighted by Crippen LogP contribution is 2.28. The lowest BCUT2D eigenvalue weighted by molar-refractivity contribution is -0.143. The zero-order valence-corrected chi connectivity index (χ0v) is 14.7. The van der Waals surface area contributed by atoms with Gasteiger partial charge in [-0.3, -0.25) is 4.79 Å². The number of hydrogen-bond donors (Lipinski definition) is 2. The molecule has 136 valence electrons. The van der Waals surface area contributed by atoms with E-state index in [-0.39, 0.29) is 0 Å². The van der Waals surface area contributed by atoms with Crippen molar-refractivity contribution in [2.45, 2.75) is 32.4 Å². The Balaban J connectivity index is 1.70. The third kappa shape index (κ3) is 3.96. The fourth-order valence-corrected chi connectivity index (χ4v) is 2.81. The number of carbonyl (C=O) groups excluding carboxylic acids is 1. The monoisotopic (exact) mass is 355 g/mol. The molecule has 1 amide bonds. The maximum atomic E-state index is 12.4. The summed E-state index contributed by atoms with van der Waals surface area (Å²) < 4.78 is 11.0. The number of carboxylic acids is 1. The number of aliphatic carboxylic acids is 1. The molecule has 0 radical (unpaired) electrons. The SMILES string of the molecule is Cc1ccc(OC(C)C(=O)NC(C(=O)O)c2ccc3c(c2)CCO3)cc1. The molecule has 0 saturated carbocycles. The number of aryl methyl sites for hydroxylation is 1. The van der Waals surface area contributed by atoms with Gasteiger partial charge in [0.15, 0.2) is 12.1 Å². The van der Waals surface area contributed by atoms with Crippen molar-refractivity contribution >= 4 is 11.9 Å². The molecule has 0 spiro atoms. The lowest BCUT2D eigenvalue weighted by atomic mass is 10.0. The molecule has 3 rings (SSSR count). The summed E-state index contributed by atoms with van der Waals surface area (Å²) in [5.74, 6) is -0.297. The average molecular weight is 355 g/mol. The molecule has 6 nitrogen and oxygen atoms in total. The number of carboxylic acid groups (broad SMARTS) is 1. The lowest BCUT2D eigenvalue weighted by Gasteiger charge is -2.19. The summed E-state index contributed by atoms with van der Waals surface area (Å²) in [5, 5.41) is 12.1. The van der Waals surface area contributed by atoms with E-state index in [9.17, 15) is 14.7 Å². The quantitative estimate of drug-likeness (QED) is 0.832. The minimum atomic E-state index is -1.14. The molecule has 2 atom stereocenters. The second-order valence-electron chi connectivity index (χ2n) is 6.32. The topological polar surface area (TPSA) is 84.9 Å². The van der Waals surface area contributed by atoms with Gasteiger partial charge in [-0.2, -0.15) is 0 Å². The van der Waals surface area contributed by atoms with Gasteiger partial charge in [-0.1, -0.05) is 23.8 Å². The van der Waals surface area contributed by atoms with Crippen LogP contribution in [-0.4, -0.2) is 29.7 Å². The molecule has 0 bridgehead atoms. The Morgan fingerprint density at radius 2 is 1.92 bits per heavy atom. The van der Waals surface area contributed by atoms with Crippen molar-refractivity contribution in [3.8, 4) is 11.5 Å². The van der Waals surface area contributed by atoms with Gasteiger partial charge in [-0.15, -0.1) is 0 Å². The molecule has 1 aliphatic heterocycles. The van der Waals surface area contributed by atoms with E-state index in [0.717, 1.165) is 23.3 Å². The van der Waals surface area contributed by atoms with Gasteiger partial charge in [-0.05, 0) is 49.2 Å². The summed E-state index contributed by atoms with van der Waals surface area (Å²) in [6.45, 7) is 4.13. The zero-order valence-electron chi connectivity index (χ0n) is 14.7. The van der Waals surface area contributed by atoms with Crippen molar-refractivity contribution in [1.29, 1.82) is 0 Å². The van der Waals surface area contributed by atoms with E-state index in [2.05, 4.69) is 5.32 Å². The third-order valence-corrected chi connectivity index (χ3v) is 4.28. The van der Waals surface area contributed by atoms with E-state index < -0.39 is 24.0 Å². The van der Waals surface area contributed by atoms with Crippen molar-refractivity contribution in [3.63, 3.8) is 0 Å². The summed E-state index contributed by atoms with van der Waals surface area (Å²) in [6, 6.07) is 11.3. The predicted octanol–water partition coefficient (Wildman–Crippen LogP) is 2.64. The fraction of sp³-hybridized carbons (Fsp3) is 0.300. The first-order chi connectivity index (χ1) is 12.4. The van der Waals surface area contributed by atoms with Crippen molar-refractivity contribution in [1.82, 2.24) is 5.32 Å². The summed E-state index contributed by atoms with van der Waals surface area (Å²) in [7, 11) is 0. The molecule has 6 heteroatoms. The molecular formula is C20H21NO5. The number of ether oxygens (including phenoxy) is 2. The van der Waals surface area contributed by atoms with E-state index >= 15 is 0 Å². The Morgan fingerprint density at radius 1 is 1.19 bits per heavy atom. The summed E-state index contributed by atoms with van der Waals surface area (Å²) in [5.41, 5.74) is 2.55. The van der Waals surface area contributed by atoms with Gasteiger partial charge < -0.3 is 19.9 Å². The van der Waals surface area contributed by atoms with Crippen LogP contribution >= 0.6 is 0 Å². The molecule has 2 unspecified atom stereocenters. The first-order valence-electron chi connectivity index (χ1n) is 8.46. The third-order valence-electron chi connectivity index (χ3n) is 4.28. The van der Waals surface area contributed by atoms with Crippen molar-refractivity contribution in [3.05, 3.63) is 59.2 Å². The van der Waals surface area contributed by atoms with Gasteiger partial charge in [0.05, 0.1) is 6.61 Å². The van der Waals surface area contributed by atoms with Crippen LogP contribution in [0.25, 0.3) is 0 Å². The fourth-order valence-electron chi connectivity index (χ4n) is 2.81. The number of nitrogens with one attached hydrogen (secondary N) is 1. The lowest BCUT2D eigenvalue weighted by Crippen LogP contribution is -2.41. The number of rotatable bonds is 6. The van der Waals surface area contributed by atoms with E-state index in [1.165, 1.54) is 0 Å². The predicted molar refractivity (Wildman–Crippen MR) is 95.4 cm³/mol. The summed E-state index contributed by atoms with van der Waals surface area (Å²) >= 11 is 0. The molecule has 0 fully saturated rings. The molecule has 1 heterocycles. The van der Waals surface area contributed by atoms with Gasteiger partial charge in [0.2, 0.25) is 0 Å². The van der Waals surface area contributed by atoms with Crippen LogP contribution in [0.1, 0.15) is 29.7 Å². The molecule has 0 aliphatic carbocycles. The van der Waals surface area contributed by atoms with Crippen LogP contribution in [0.5, 0.6) is 11.5 Å². The van der Waals surface area contributed by atoms with Crippen molar-refractivity contribution in [2.75, 3.05) is 6.61 Å². The minimum Gasteiger partial charge on any atom is -0.493 e. The van der Waals surface area contributed by atoms with Crippen LogP contribution in [0, 0.1) is 6.92 Å². The molecule has 2 aromatic rings. The maximum absolute atomic E-state index is 12.4. The van der Waals surface area contributed by atoms with Crippen LogP contribution in [0.2, 0.25) is 0 Å². The molecule has 1 aliphatic rings. The van der Waals surface area contributed by atoms with Crippen LogP contribution in [0.4, 0.5) is 0 Å². The largest absolute Gasteiger partial charge is 0.493 e. The average Bonchev–Trinajstić information content (AvgIpc) is 3.08. The summed E-state index contributed by atoms with van der Waals surface area (Å²) in [6.07, 6.45) is -0.0894. The Morgan fingerprint density at radius 3 is 2.62 bits per heavy atom. The number of amides is 1. The highest BCUT2D eigenvalue weighted by Gasteiger charge is 2.27. The molecule has 0 saturated heterocycles. The van der Waals surface area contributed by atoms with Gasteiger partial charge in [0.1, 0.15) is 11.5 Å². The number of hydrogen-bond acceptors (Lipinski definition) is 4. The zero-order chi connectivity index (χ0) is 18.7. The van der Waals surface area contributed by atoms with E-state index in [0.29, 0.717) is 17.9 Å². The van der Waals surface area contributed by atoms with E-state index in [1.54, 1.807) is 37.3 Å². The second-order valence-corrected chi connectivity index (χ2v) is 6.32. The van der Waals surface area contributed by atoms with Crippen LogP contribution in [-0.2, 0) is 16.0 Å². The van der Waals surface area contributed by atoms with Gasteiger partial charge in [-0.25, -0.2) is 4.79 Å². The van der Waals surface area contributed by atoms with Gasteiger partial charge in [0.25, 0.3) is 5.91 Å². The van der Waals surface area contributed by atoms with E-state index in [4.69, 9.17) is 9.47 Å². The Hall–Kier alpha value is -3.02. The number of benzene rings is 2. The molecule has 0 aromatic heterocycles. The smallest absolute Gasteiger partial charge is 0.330 e. The van der Waals surface area contributed by atoms with Crippen molar-refractivity contribution in [2.24, 2.45) is 0 Å². The molecule has 2 N–H and O–H groups in total. The van der Waals surface area contributed by atoms with Crippen LogP contribution in [0.15, 0.2) is 42.5 Å². The molecule has 26 heavy (non-hydrogen) atoms. The highest BCUT2D eigenvalue weighted by atomic mass is 16.5. The highest BCUT2D eigenvalue weighted by molar-refractivity contribution is 5.87. The number of fused-ring (bicyclic) bond motifs is 1. The summed E-state index contributed by atoms with van der Waals surface area (Å²) in [4.78, 5) is 24.1. The van der Waals surface area contributed by atoms with E-state index in [1.807, 2.05) is 19.1 Å². The molecule has 2 aromatic carbocycles. The maximum Gasteiger partial charge on any atom is 0.330 e. The number of carbonyl (C=O) groups is 2. The van der Waals surface area contributed by atoms with Gasteiger partial charge >= 0.3 is 5.97 Å². The Labute approximate surface area is 151 Å². The molecular weight excluding hydrogens is 334 g/mol. The first kappa shape index (κ1) is 17.8.